The molecule has 0 atom stereocenters. The van der Waals surface area contributed by atoms with Crippen LogP contribution < -0.4 is 4.90 Å². The Labute approximate surface area is 181 Å². The zero-order valence-electron chi connectivity index (χ0n) is 18.6. The molecule has 30 heavy (non-hydrogen) atoms. The van der Waals surface area contributed by atoms with Crippen molar-refractivity contribution >= 4 is 23.2 Å². The Kier molecular flexibility index (Phi) is 4.89. The largest absolute Gasteiger partial charge is 0.371 e. The van der Waals surface area contributed by atoms with E-state index in [0.29, 0.717) is 0 Å². The lowest BCUT2D eigenvalue weighted by atomic mass is 9.81. The molecular formula is C28H33N2+. The van der Waals surface area contributed by atoms with Gasteiger partial charge < -0.3 is 4.90 Å². The third-order valence-electron chi connectivity index (χ3n) is 7.12. The maximum atomic E-state index is 2.61. The SMILES string of the molecule is CC[N+]1=C(C=CC=Cc2cc3c4c(c2)CCCN4CCC3)C(C)(C)c2ccccc21. The highest BCUT2D eigenvalue weighted by molar-refractivity contribution is 6.03. The van der Waals surface area contributed by atoms with E-state index in [1.54, 1.807) is 16.8 Å². The summed E-state index contributed by atoms with van der Waals surface area (Å²) in [5, 5.41) is 0. The van der Waals surface area contributed by atoms with Gasteiger partial charge in [0.2, 0.25) is 5.69 Å². The van der Waals surface area contributed by atoms with Crippen LogP contribution in [0, 0.1) is 0 Å². The Morgan fingerprint density at radius 2 is 1.63 bits per heavy atom. The minimum atomic E-state index is 0.0381. The second-order valence-electron chi connectivity index (χ2n) is 9.37. The summed E-state index contributed by atoms with van der Waals surface area (Å²) in [7, 11) is 0. The Morgan fingerprint density at radius 1 is 0.967 bits per heavy atom. The van der Waals surface area contributed by atoms with Gasteiger partial charge in [0.25, 0.3) is 0 Å². The van der Waals surface area contributed by atoms with Crippen molar-refractivity contribution in [2.24, 2.45) is 0 Å². The molecule has 0 bridgehead atoms. The molecule has 3 heterocycles. The molecule has 0 fully saturated rings. The number of fused-ring (bicyclic) bond motifs is 1. The van der Waals surface area contributed by atoms with E-state index < -0.39 is 0 Å². The van der Waals surface area contributed by atoms with Gasteiger partial charge in [-0.05, 0) is 75.3 Å². The second kappa shape index (κ2) is 7.58. The van der Waals surface area contributed by atoms with Crippen molar-refractivity contribution in [2.45, 2.75) is 51.9 Å². The van der Waals surface area contributed by atoms with Crippen LogP contribution >= 0.6 is 0 Å². The number of para-hydroxylation sites is 1. The van der Waals surface area contributed by atoms with Crippen molar-refractivity contribution in [1.29, 1.82) is 0 Å². The van der Waals surface area contributed by atoms with Crippen LogP contribution in [0.1, 0.15) is 55.9 Å². The quantitative estimate of drug-likeness (QED) is 0.449. The third-order valence-corrected chi connectivity index (χ3v) is 7.12. The van der Waals surface area contributed by atoms with E-state index in [-0.39, 0.29) is 5.41 Å². The lowest BCUT2D eigenvalue weighted by Gasteiger charge is -2.37. The Hall–Kier alpha value is -2.61. The van der Waals surface area contributed by atoms with Crippen molar-refractivity contribution in [3.8, 4) is 0 Å². The van der Waals surface area contributed by atoms with Crippen molar-refractivity contribution < 1.29 is 4.58 Å². The van der Waals surface area contributed by atoms with Crippen LogP contribution in [-0.2, 0) is 18.3 Å². The molecule has 0 unspecified atom stereocenters. The molecule has 2 aromatic carbocycles. The highest BCUT2D eigenvalue weighted by Gasteiger charge is 2.43. The Morgan fingerprint density at radius 3 is 2.33 bits per heavy atom. The number of allylic oxidation sites excluding steroid dienone is 3. The summed E-state index contributed by atoms with van der Waals surface area (Å²) in [6, 6.07) is 13.7. The zero-order valence-corrected chi connectivity index (χ0v) is 18.6. The van der Waals surface area contributed by atoms with E-state index in [9.17, 15) is 0 Å². The molecule has 0 amide bonds. The smallest absolute Gasteiger partial charge is 0.209 e. The van der Waals surface area contributed by atoms with E-state index in [4.69, 9.17) is 0 Å². The van der Waals surface area contributed by atoms with Gasteiger partial charge in [-0.15, -0.1) is 0 Å². The number of aryl methyl sites for hydroxylation is 2. The van der Waals surface area contributed by atoms with E-state index in [2.05, 4.69) is 90.9 Å². The van der Waals surface area contributed by atoms with Crippen molar-refractivity contribution in [3.63, 3.8) is 0 Å². The van der Waals surface area contributed by atoms with E-state index in [0.717, 1.165) is 6.54 Å². The zero-order chi connectivity index (χ0) is 20.7. The van der Waals surface area contributed by atoms with Gasteiger partial charge >= 0.3 is 0 Å². The van der Waals surface area contributed by atoms with Gasteiger partial charge in [0.1, 0.15) is 6.54 Å². The maximum Gasteiger partial charge on any atom is 0.209 e. The summed E-state index contributed by atoms with van der Waals surface area (Å²) in [5.41, 5.74) is 10.2. The molecule has 3 aliphatic heterocycles. The minimum absolute atomic E-state index is 0.0381. The lowest BCUT2D eigenvalue weighted by molar-refractivity contribution is -0.433. The molecule has 5 rings (SSSR count). The Bertz CT molecular complexity index is 1040. The van der Waals surface area contributed by atoms with Crippen LogP contribution in [0.5, 0.6) is 0 Å². The van der Waals surface area contributed by atoms with E-state index >= 15 is 0 Å². The average Bonchev–Trinajstić information content (AvgIpc) is 2.98. The fourth-order valence-corrected chi connectivity index (χ4v) is 5.72. The number of anilines is 1. The molecule has 2 heteroatoms. The first-order valence-corrected chi connectivity index (χ1v) is 11.6. The summed E-state index contributed by atoms with van der Waals surface area (Å²) >= 11 is 0. The highest BCUT2D eigenvalue weighted by atomic mass is 15.1. The van der Waals surface area contributed by atoms with Gasteiger partial charge in [-0.2, -0.15) is 4.58 Å². The second-order valence-corrected chi connectivity index (χ2v) is 9.37. The van der Waals surface area contributed by atoms with Gasteiger partial charge in [-0.1, -0.05) is 36.4 Å². The van der Waals surface area contributed by atoms with Crippen molar-refractivity contribution in [3.05, 3.63) is 76.9 Å². The van der Waals surface area contributed by atoms with Crippen LogP contribution in [0.3, 0.4) is 0 Å². The molecule has 0 saturated carbocycles. The molecule has 0 aromatic heterocycles. The van der Waals surface area contributed by atoms with Crippen LogP contribution in [0.15, 0.2) is 54.6 Å². The molecule has 2 aromatic rings. The molecule has 2 nitrogen and oxygen atoms in total. The Balaban J connectivity index is 1.42. The predicted octanol–water partition coefficient (Wildman–Crippen LogP) is 6.05. The molecule has 0 spiro atoms. The van der Waals surface area contributed by atoms with E-state index in [1.165, 1.54) is 61.3 Å². The summed E-state index contributed by atoms with van der Waals surface area (Å²) in [4.78, 5) is 2.61. The number of nitrogens with zero attached hydrogens (tertiary/aromatic N) is 2. The molecular weight excluding hydrogens is 364 g/mol. The molecule has 0 radical (unpaired) electrons. The number of benzene rings is 2. The number of hydrogen-bond acceptors (Lipinski definition) is 1. The summed E-state index contributed by atoms with van der Waals surface area (Å²) in [6.07, 6.45) is 14.1. The first-order valence-electron chi connectivity index (χ1n) is 11.6. The fraction of sp³-hybridized carbons (Fsp3) is 0.393. The van der Waals surface area contributed by atoms with Gasteiger partial charge in [0.15, 0.2) is 5.71 Å². The highest BCUT2D eigenvalue weighted by Crippen LogP contribution is 2.40. The fourth-order valence-electron chi connectivity index (χ4n) is 5.72. The molecule has 0 N–H and O–H groups in total. The molecule has 0 saturated heterocycles. The first-order chi connectivity index (χ1) is 14.6. The minimum Gasteiger partial charge on any atom is -0.371 e. The van der Waals surface area contributed by atoms with Gasteiger partial charge in [-0.3, -0.25) is 0 Å². The van der Waals surface area contributed by atoms with Gasteiger partial charge in [-0.25, -0.2) is 0 Å². The summed E-state index contributed by atoms with van der Waals surface area (Å²) in [6.45, 7) is 10.4. The number of rotatable bonds is 4. The van der Waals surface area contributed by atoms with Crippen molar-refractivity contribution in [2.75, 3.05) is 24.5 Å². The average molecular weight is 398 g/mol. The molecule has 154 valence electrons. The molecule has 3 aliphatic rings. The van der Waals surface area contributed by atoms with Crippen LogP contribution in [0.25, 0.3) is 6.08 Å². The third kappa shape index (κ3) is 3.14. The monoisotopic (exact) mass is 397 g/mol. The topological polar surface area (TPSA) is 6.25 Å². The first kappa shape index (κ1) is 19.4. The molecule has 0 aliphatic carbocycles. The maximum absolute atomic E-state index is 2.61. The van der Waals surface area contributed by atoms with Crippen LogP contribution in [-0.4, -0.2) is 29.9 Å². The van der Waals surface area contributed by atoms with Crippen LogP contribution in [0.2, 0.25) is 0 Å². The van der Waals surface area contributed by atoms with Crippen LogP contribution in [0.4, 0.5) is 11.4 Å². The van der Waals surface area contributed by atoms with Crippen molar-refractivity contribution in [1.82, 2.24) is 0 Å². The predicted molar refractivity (Wildman–Crippen MR) is 128 cm³/mol. The normalized spacial score (nSPS) is 19.6. The van der Waals surface area contributed by atoms with E-state index in [1.807, 2.05) is 0 Å². The summed E-state index contributed by atoms with van der Waals surface area (Å²) < 4.78 is 2.46. The standard InChI is InChI=1S/C28H33N2/c1-4-30-25-15-7-6-14-24(25)28(2,3)26(30)16-8-5-11-21-19-22-12-9-17-29-18-10-13-23(20-21)27(22)29/h5-8,11,14-16,19-20H,4,9-10,12-13,17-18H2,1-3H3/q+1. The summed E-state index contributed by atoms with van der Waals surface area (Å²) in [5.74, 6) is 0. The van der Waals surface area contributed by atoms with Gasteiger partial charge in [0, 0.05) is 36.5 Å². The lowest BCUT2D eigenvalue weighted by Crippen LogP contribution is -2.34. The number of hydrogen-bond donors (Lipinski definition) is 0. The van der Waals surface area contributed by atoms with Gasteiger partial charge in [0.05, 0.1) is 5.41 Å².